The molecule has 3 rings (SSSR count). The van der Waals surface area contributed by atoms with E-state index in [0.717, 1.165) is 6.42 Å². The summed E-state index contributed by atoms with van der Waals surface area (Å²) in [6, 6.07) is 11.9. The van der Waals surface area contributed by atoms with Crippen molar-refractivity contribution in [2.75, 3.05) is 18.1 Å². The van der Waals surface area contributed by atoms with Crippen LogP contribution < -0.4 is 15.0 Å². The number of piperidine rings is 1. The second-order valence-corrected chi connectivity index (χ2v) is 6.35. The molecule has 1 aliphatic heterocycles. The molecule has 1 heterocycles. The Bertz CT molecular complexity index is 798. The van der Waals surface area contributed by atoms with E-state index < -0.39 is 11.9 Å². The number of halogens is 2. The number of carbonyl (C=O) groups is 2. The van der Waals surface area contributed by atoms with E-state index >= 15 is 0 Å². The topological polar surface area (TPSA) is 58.6 Å². The summed E-state index contributed by atoms with van der Waals surface area (Å²) in [4.78, 5) is 26.4. The summed E-state index contributed by atoms with van der Waals surface area (Å²) < 4.78 is 18.2. The number of nitrogens with zero attached hydrogens (tertiary/aromatic N) is 1. The van der Waals surface area contributed by atoms with Crippen molar-refractivity contribution in [3.8, 4) is 5.75 Å². The zero-order chi connectivity index (χ0) is 18.5. The Kier molecular flexibility index (Phi) is 5.73. The smallest absolute Gasteiger partial charge is 0.258 e. The average molecular weight is 377 g/mol. The minimum absolute atomic E-state index is 0.195. The molecule has 0 aliphatic carbocycles. The molecule has 0 saturated carbocycles. The van der Waals surface area contributed by atoms with Gasteiger partial charge in [-0.2, -0.15) is 0 Å². The second kappa shape index (κ2) is 8.19. The van der Waals surface area contributed by atoms with Crippen molar-refractivity contribution in [2.24, 2.45) is 0 Å². The van der Waals surface area contributed by atoms with E-state index in [2.05, 4.69) is 5.32 Å². The van der Waals surface area contributed by atoms with Crippen LogP contribution in [-0.4, -0.2) is 31.0 Å². The molecular weight excluding hydrogens is 359 g/mol. The minimum Gasteiger partial charge on any atom is -0.484 e. The Labute approximate surface area is 155 Å². The third-order valence-electron chi connectivity index (χ3n) is 4.10. The van der Waals surface area contributed by atoms with Crippen LogP contribution in [-0.2, 0) is 9.59 Å². The fourth-order valence-corrected chi connectivity index (χ4v) is 3.07. The molecule has 1 saturated heterocycles. The first-order valence-corrected chi connectivity index (χ1v) is 8.66. The van der Waals surface area contributed by atoms with Crippen LogP contribution in [0.15, 0.2) is 48.5 Å². The minimum atomic E-state index is -0.621. The number of ether oxygens (including phenoxy) is 1. The number of anilines is 1. The molecule has 0 bridgehead atoms. The Hall–Kier alpha value is -2.60. The maximum atomic E-state index is 12.9. The third kappa shape index (κ3) is 4.32. The lowest BCUT2D eigenvalue weighted by molar-refractivity contribution is -0.129. The maximum absolute atomic E-state index is 12.9. The zero-order valence-electron chi connectivity index (χ0n) is 14.0. The van der Waals surface area contributed by atoms with Crippen LogP contribution in [0.25, 0.3) is 0 Å². The van der Waals surface area contributed by atoms with Crippen molar-refractivity contribution in [3.63, 3.8) is 0 Å². The van der Waals surface area contributed by atoms with Gasteiger partial charge in [0.25, 0.3) is 5.91 Å². The summed E-state index contributed by atoms with van der Waals surface area (Å²) in [6.45, 7) is 0.308. The van der Waals surface area contributed by atoms with Crippen LogP contribution in [0.1, 0.15) is 12.8 Å². The van der Waals surface area contributed by atoms with Gasteiger partial charge >= 0.3 is 0 Å². The Morgan fingerprint density at radius 1 is 1.23 bits per heavy atom. The summed E-state index contributed by atoms with van der Waals surface area (Å²) in [5.74, 6) is -0.600. The summed E-state index contributed by atoms with van der Waals surface area (Å²) in [6.07, 6.45) is 1.31. The Balaban J connectivity index is 1.58. The number of carbonyl (C=O) groups excluding carboxylic acids is 2. The summed E-state index contributed by atoms with van der Waals surface area (Å²) in [7, 11) is 0. The summed E-state index contributed by atoms with van der Waals surface area (Å²) in [5.41, 5.74) is 0.640. The molecule has 5 nitrogen and oxygen atoms in total. The number of hydrogen-bond acceptors (Lipinski definition) is 3. The Morgan fingerprint density at radius 2 is 1.96 bits per heavy atom. The highest BCUT2D eigenvalue weighted by molar-refractivity contribution is 6.33. The van der Waals surface area contributed by atoms with Gasteiger partial charge in [0.2, 0.25) is 5.91 Å². The van der Waals surface area contributed by atoms with Gasteiger partial charge in [-0.1, -0.05) is 23.7 Å². The van der Waals surface area contributed by atoms with Crippen molar-refractivity contribution in [2.45, 2.75) is 18.9 Å². The monoisotopic (exact) mass is 376 g/mol. The van der Waals surface area contributed by atoms with Crippen LogP contribution in [0.4, 0.5) is 10.1 Å². The number of hydrogen-bond donors (Lipinski definition) is 1. The van der Waals surface area contributed by atoms with Crippen LogP contribution in [0, 0.1) is 5.82 Å². The van der Waals surface area contributed by atoms with Gasteiger partial charge in [-0.15, -0.1) is 0 Å². The highest BCUT2D eigenvalue weighted by atomic mass is 35.5. The number of para-hydroxylation sites is 1. The molecule has 0 radical (unpaired) electrons. The van der Waals surface area contributed by atoms with E-state index in [4.69, 9.17) is 16.3 Å². The average Bonchev–Trinajstić information content (AvgIpc) is 2.64. The molecule has 1 N–H and O–H groups in total. The number of rotatable bonds is 5. The molecule has 2 aromatic carbocycles. The molecule has 0 spiro atoms. The number of amides is 2. The number of nitrogens with one attached hydrogen (secondary N) is 1. The molecule has 2 aromatic rings. The SMILES string of the molecule is O=C(COc1ccc(F)cc1)NC1CCCN(c2ccccc2Cl)C1=O. The molecule has 26 heavy (non-hydrogen) atoms. The van der Waals surface area contributed by atoms with Gasteiger partial charge in [0, 0.05) is 6.54 Å². The molecular formula is C19H18ClFN2O3. The van der Waals surface area contributed by atoms with Crippen LogP contribution >= 0.6 is 11.6 Å². The van der Waals surface area contributed by atoms with E-state index in [1.54, 1.807) is 23.1 Å². The van der Waals surface area contributed by atoms with E-state index in [-0.39, 0.29) is 18.3 Å². The molecule has 0 aromatic heterocycles. The highest BCUT2D eigenvalue weighted by Gasteiger charge is 2.31. The van der Waals surface area contributed by atoms with Gasteiger partial charge in [-0.3, -0.25) is 9.59 Å². The molecule has 7 heteroatoms. The molecule has 2 amide bonds. The van der Waals surface area contributed by atoms with Crippen LogP contribution in [0.2, 0.25) is 5.02 Å². The highest BCUT2D eigenvalue weighted by Crippen LogP contribution is 2.28. The summed E-state index contributed by atoms with van der Waals surface area (Å²) in [5, 5.41) is 3.19. The normalized spacial score (nSPS) is 17.1. The van der Waals surface area contributed by atoms with E-state index in [0.29, 0.717) is 29.4 Å². The Morgan fingerprint density at radius 3 is 2.69 bits per heavy atom. The lowest BCUT2D eigenvalue weighted by Gasteiger charge is -2.33. The third-order valence-corrected chi connectivity index (χ3v) is 4.42. The predicted molar refractivity (Wildman–Crippen MR) is 96.9 cm³/mol. The largest absolute Gasteiger partial charge is 0.484 e. The quantitative estimate of drug-likeness (QED) is 0.872. The molecule has 1 unspecified atom stereocenters. The van der Waals surface area contributed by atoms with Gasteiger partial charge in [0.05, 0.1) is 10.7 Å². The van der Waals surface area contributed by atoms with Crippen LogP contribution in [0.3, 0.4) is 0 Å². The van der Waals surface area contributed by atoms with Gasteiger partial charge in [-0.05, 0) is 49.2 Å². The van der Waals surface area contributed by atoms with Crippen molar-refractivity contribution >= 4 is 29.1 Å². The molecule has 1 atom stereocenters. The number of benzene rings is 2. The van der Waals surface area contributed by atoms with Gasteiger partial charge in [-0.25, -0.2) is 4.39 Å². The van der Waals surface area contributed by atoms with Crippen molar-refractivity contribution in [1.82, 2.24) is 5.32 Å². The van der Waals surface area contributed by atoms with E-state index in [9.17, 15) is 14.0 Å². The van der Waals surface area contributed by atoms with Crippen molar-refractivity contribution in [1.29, 1.82) is 0 Å². The molecule has 1 aliphatic rings. The molecule has 1 fully saturated rings. The van der Waals surface area contributed by atoms with E-state index in [1.165, 1.54) is 24.3 Å². The first-order chi connectivity index (χ1) is 12.5. The van der Waals surface area contributed by atoms with Crippen LogP contribution in [0.5, 0.6) is 5.75 Å². The fraction of sp³-hybridized carbons (Fsp3) is 0.263. The zero-order valence-corrected chi connectivity index (χ0v) is 14.7. The lowest BCUT2D eigenvalue weighted by atomic mass is 10.0. The first-order valence-electron chi connectivity index (χ1n) is 8.28. The standard InChI is InChI=1S/C19H18ClFN2O3/c20-15-4-1-2-6-17(15)23-11-3-5-16(19(23)25)22-18(24)12-26-14-9-7-13(21)8-10-14/h1-2,4,6-10,16H,3,5,11-12H2,(H,22,24). The maximum Gasteiger partial charge on any atom is 0.258 e. The first kappa shape index (κ1) is 18.2. The van der Waals surface area contributed by atoms with Gasteiger partial charge in [0.1, 0.15) is 17.6 Å². The van der Waals surface area contributed by atoms with Gasteiger partial charge < -0.3 is 15.0 Å². The van der Waals surface area contributed by atoms with Crippen molar-refractivity contribution < 1.29 is 18.7 Å². The van der Waals surface area contributed by atoms with Gasteiger partial charge in [0.15, 0.2) is 6.61 Å². The van der Waals surface area contributed by atoms with E-state index in [1.807, 2.05) is 6.07 Å². The lowest BCUT2D eigenvalue weighted by Crippen LogP contribution is -2.53. The van der Waals surface area contributed by atoms with Crippen molar-refractivity contribution in [3.05, 3.63) is 59.4 Å². The summed E-state index contributed by atoms with van der Waals surface area (Å²) >= 11 is 6.18. The second-order valence-electron chi connectivity index (χ2n) is 5.95. The predicted octanol–water partition coefficient (Wildman–Crippen LogP) is 3.17. The fourth-order valence-electron chi connectivity index (χ4n) is 2.83. The molecule has 136 valence electrons.